The minimum Gasteiger partial charge on any atom is -0.480 e. The molecule has 0 saturated carbocycles. The predicted octanol–water partition coefficient (Wildman–Crippen LogP) is 1.99. The summed E-state index contributed by atoms with van der Waals surface area (Å²) in [4.78, 5) is 27.3. The van der Waals surface area contributed by atoms with E-state index in [1.54, 1.807) is 6.92 Å². The van der Waals surface area contributed by atoms with Crippen LogP contribution in [0.3, 0.4) is 0 Å². The highest BCUT2D eigenvalue weighted by Gasteiger charge is 2.48. The number of aromatic amines is 1. The minimum atomic E-state index is -0.758. The van der Waals surface area contributed by atoms with Crippen LogP contribution in [0.4, 0.5) is 0 Å². The summed E-state index contributed by atoms with van der Waals surface area (Å²) in [5.74, 6) is -0.650. The highest BCUT2D eigenvalue weighted by atomic mass is 16.4. The van der Waals surface area contributed by atoms with E-state index >= 15 is 0 Å². The number of hydrogen-bond donors (Lipinski definition) is 2. The Balaban J connectivity index is 1.71. The van der Waals surface area contributed by atoms with Crippen molar-refractivity contribution in [2.75, 3.05) is 19.6 Å². The van der Waals surface area contributed by atoms with E-state index in [9.17, 15) is 14.7 Å². The standard InChI is InChI=1S/C19H30N4O3/c1-13(24)22-7-5-19(6-8-22)10-15(17(25)26)23(12-19)11-14-9-16(21-20-14)18(2,3)4/h9,15H,5-8,10-12H2,1-4H3,(H,20,21)(H,25,26). The van der Waals surface area contributed by atoms with Crippen molar-refractivity contribution in [3.63, 3.8) is 0 Å². The van der Waals surface area contributed by atoms with Gasteiger partial charge in [0.1, 0.15) is 6.04 Å². The number of aromatic nitrogens is 2. The number of piperidine rings is 1. The van der Waals surface area contributed by atoms with Crippen LogP contribution in [-0.4, -0.2) is 62.7 Å². The molecule has 144 valence electrons. The van der Waals surface area contributed by atoms with Crippen molar-refractivity contribution in [1.29, 1.82) is 0 Å². The number of nitrogens with zero attached hydrogens (tertiary/aromatic N) is 3. The molecule has 1 aromatic rings. The molecule has 7 heteroatoms. The fourth-order valence-corrected chi connectivity index (χ4v) is 4.26. The quantitative estimate of drug-likeness (QED) is 0.858. The number of H-pyrrole nitrogens is 1. The van der Waals surface area contributed by atoms with Gasteiger partial charge in [0.05, 0.1) is 5.69 Å². The van der Waals surface area contributed by atoms with E-state index in [1.807, 2.05) is 11.0 Å². The molecule has 2 aliphatic heterocycles. The van der Waals surface area contributed by atoms with Crippen molar-refractivity contribution in [3.05, 3.63) is 17.5 Å². The number of carboxylic acid groups (broad SMARTS) is 1. The van der Waals surface area contributed by atoms with Crippen molar-refractivity contribution in [1.82, 2.24) is 20.0 Å². The monoisotopic (exact) mass is 362 g/mol. The third-order valence-electron chi connectivity index (χ3n) is 5.93. The van der Waals surface area contributed by atoms with E-state index in [0.29, 0.717) is 13.0 Å². The number of hydrogen-bond acceptors (Lipinski definition) is 4. The largest absolute Gasteiger partial charge is 0.480 e. The van der Waals surface area contributed by atoms with Crippen molar-refractivity contribution in [2.24, 2.45) is 5.41 Å². The summed E-state index contributed by atoms with van der Waals surface area (Å²) < 4.78 is 0. The first-order chi connectivity index (χ1) is 12.1. The lowest BCUT2D eigenvalue weighted by Gasteiger charge is -2.39. The molecule has 0 bridgehead atoms. The van der Waals surface area contributed by atoms with E-state index in [4.69, 9.17) is 0 Å². The van der Waals surface area contributed by atoms with Crippen LogP contribution in [-0.2, 0) is 21.5 Å². The van der Waals surface area contributed by atoms with Gasteiger partial charge in [0.15, 0.2) is 0 Å². The molecule has 2 N–H and O–H groups in total. The molecule has 2 saturated heterocycles. The molecule has 2 aliphatic rings. The Bertz CT molecular complexity index is 683. The molecule has 1 unspecified atom stereocenters. The van der Waals surface area contributed by atoms with Gasteiger partial charge in [-0.15, -0.1) is 0 Å². The molecular weight excluding hydrogens is 332 g/mol. The zero-order chi connectivity index (χ0) is 19.1. The maximum atomic E-state index is 11.8. The molecule has 0 radical (unpaired) electrons. The van der Waals surface area contributed by atoms with Gasteiger partial charge in [-0.1, -0.05) is 20.8 Å². The Morgan fingerprint density at radius 1 is 1.35 bits per heavy atom. The highest BCUT2D eigenvalue weighted by molar-refractivity contribution is 5.74. The SMILES string of the molecule is CC(=O)N1CCC2(CC1)CC(C(=O)O)N(Cc1cc(C(C)(C)C)n[nH]1)C2. The molecule has 3 rings (SSSR count). The van der Waals surface area contributed by atoms with Gasteiger partial charge in [0.2, 0.25) is 5.91 Å². The number of nitrogens with one attached hydrogen (secondary N) is 1. The summed E-state index contributed by atoms with van der Waals surface area (Å²) in [6, 6.07) is 1.57. The third-order valence-corrected chi connectivity index (χ3v) is 5.93. The topological polar surface area (TPSA) is 89.5 Å². The molecule has 3 heterocycles. The Hall–Kier alpha value is -1.89. The fraction of sp³-hybridized carbons (Fsp3) is 0.737. The van der Waals surface area contributed by atoms with Crippen molar-refractivity contribution in [2.45, 2.75) is 65.0 Å². The molecule has 26 heavy (non-hydrogen) atoms. The van der Waals surface area contributed by atoms with Crippen molar-refractivity contribution >= 4 is 11.9 Å². The van der Waals surface area contributed by atoms with Crippen LogP contribution in [0.5, 0.6) is 0 Å². The zero-order valence-electron chi connectivity index (χ0n) is 16.2. The lowest BCUT2D eigenvalue weighted by Crippen LogP contribution is -2.43. The average molecular weight is 362 g/mol. The zero-order valence-corrected chi connectivity index (χ0v) is 16.2. The van der Waals surface area contributed by atoms with E-state index in [1.165, 1.54) is 0 Å². The van der Waals surface area contributed by atoms with Gasteiger partial charge in [-0.3, -0.25) is 19.6 Å². The molecule has 2 fully saturated rings. The smallest absolute Gasteiger partial charge is 0.320 e. The number of aliphatic carboxylic acids is 1. The van der Waals surface area contributed by atoms with Gasteiger partial charge in [-0.05, 0) is 30.7 Å². The third kappa shape index (κ3) is 3.77. The summed E-state index contributed by atoms with van der Waals surface area (Å²) in [6.45, 7) is 10.7. The summed E-state index contributed by atoms with van der Waals surface area (Å²) in [7, 11) is 0. The molecule has 1 amide bonds. The maximum Gasteiger partial charge on any atom is 0.320 e. The number of amides is 1. The number of carbonyl (C=O) groups excluding carboxylic acids is 1. The van der Waals surface area contributed by atoms with Crippen LogP contribution in [0, 0.1) is 5.41 Å². The highest BCUT2D eigenvalue weighted by Crippen LogP contribution is 2.44. The summed E-state index contributed by atoms with van der Waals surface area (Å²) in [5.41, 5.74) is 1.91. The van der Waals surface area contributed by atoms with Gasteiger partial charge >= 0.3 is 5.97 Å². The number of carbonyl (C=O) groups is 2. The molecule has 7 nitrogen and oxygen atoms in total. The Morgan fingerprint density at radius 2 is 2.00 bits per heavy atom. The molecule has 0 aromatic carbocycles. The van der Waals surface area contributed by atoms with Crippen LogP contribution < -0.4 is 0 Å². The predicted molar refractivity (Wildman–Crippen MR) is 97.7 cm³/mol. The Morgan fingerprint density at radius 3 is 2.50 bits per heavy atom. The number of carboxylic acids is 1. The van der Waals surface area contributed by atoms with E-state index in [2.05, 4.69) is 35.9 Å². The molecule has 0 aliphatic carbocycles. The lowest BCUT2D eigenvalue weighted by atomic mass is 9.76. The number of likely N-dealkylation sites (tertiary alicyclic amines) is 2. The fourth-order valence-electron chi connectivity index (χ4n) is 4.26. The summed E-state index contributed by atoms with van der Waals surface area (Å²) >= 11 is 0. The van der Waals surface area contributed by atoms with Crippen molar-refractivity contribution in [3.8, 4) is 0 Å². The average Bonchev–Trinajstić information content (AvgIpc) is 3.13. The maximum absolute atomic E-state index is 11.8. The number of rotatable bonds is 3. The van der Waals surface area contributed by atoms with E-state index in [0.717, 1.165) is 43.9 Å². The molecule has 1 atom stereocenters. The normalized spacial score (nSPS) is 23.5. The Kier molecular flexibility index (Phi) is 4.86. The van der Waals surface area contributed by atoms with Crippen LogP contribution in [0.25, 0.3) is 0 Å². The lowest BCUT2D eigenvalue weighted by molar-refractivity contribution is -0.142. The van der Waals surface area contributed by atoms with Crippen molar-refractivity contribution < 1.29 is 14.7 Å². The van der Waals surface area contributed by atoms with E-state index in [-0.39, 0.29) is 16.7 Å². The van der Waals surface area contributed by atoms with Gasteiger partial charge in [-0.2, -0.15) is 5.10 Å². The molecule has 1 spiro atoms. The van der Waals surface area contributed by atoms with Gasteiger partial charge in [-0.25, -0.2) is 0 Å². The van der Waals surface area contributed by atoms with E-state index < -0.39 is 12.0 Å². The molecule has 1 aromatic heterocycles. The first-order valence-corrected chi connectivity index (χ1v) is 9.37. The van der Waals surface area contributed by atoms with Crippen LogP contribution in [0.1, 0.15) is 58.3 Å². The summed E-state index contributed by atoms with van der Waals surface area (Å²) in [6.07, 6.45) is 2.42. The minimum absolute atomic E-state index is 0.00187. The summed E-state index contributed by atoms with van der Waals surface area (Å²) in [5, 5.41) is 17.2. The van der Waals surface area contributed by atoms with Crippen LogP contribution in [0.2, 0.25) is 0 Å². The van der Waals surface area contributed by atoms with Gasteiger partial charge < -0.3 is 10.0 Å². The Labute approximate surface area is 154 Å². The first-order valence-electron chi connectivity index (χ1n) is 9.37. The second-order valence-corrected chi connectivity index (χ2v) is 9.00. The first kappa shape index (κ1) is 18.9. The molecular formula is C19H30N4O3. The van der Waals surface area contributed by atoms with Crippen LogP contribution in [0.15, 0.2) is 6.07 Å². The van der Waals surface area contributed by atoms with Gasteiger partial charge in [0, 0.05) is 44.2 Å². The second kappa shape index (κ2) is 6.68. The van der Waals surface area contributed by atoms with Crippen LogP contribution >= 0.6 is 0 Å². The van der Waals surface area contributed by atoms with Gasteiger partial charge in [0.25, 0.3) is 0 Å². The second-order valence-electron chi connectivity index (χ2n) is 9.00.